The van der Waals surface area contributed by atoms with Gasteiger partial charge in [0.05, 0.1) is 23.2 Å². The average molecular weight is 465 g/mol. The zero-order valence-corrected chi connectivity index (χ0v) is 19.2. The lowest BCUT2D eigenvalue weighted by Gasteiger charge is -2.30. The number of hydrogen-bond acceptors (Lipinski definition) is 5. The van der Waals surface area contributed by atoms with Crippen LogP contribution in [-0.2, 0) is 19.6 Å². The number of halogens is 1. The molecule has 10 heteroatoms. The SMILES string of the molecule is Cc1nn(-c2ccc(F)cc2)c(C)c1S(=O)(=O)N1CCC(C(=O)NC[C@@H]2CCCO2)CC1. The van der Waals surface area contributed by atoms with E-state index in [1.807, 2.05) is 0 Å². The molecule has 2 fully saturated rings. The monoisotopic (exact) mass is 464 g/mol. The third kappa shape index (κ3) is 4.57. The van der Waals surface area contributed by atoms with E-state index in [9.17, 15) is 17.6 Å². The van der Waals surface area contributed by atoms with Gasteiger partial charge in [-0.15, -0.1) is 0 Å². The summed E-state index contributed by atoms with van der Waals surface area (Å²) >= 11 is 0. The number of aromatic nitrogens is 2. The average Bonchev–Trinajstić information content (AvgIpc) is 3.40. The number of ether oxygens (including phenoxy) is 1. The van der Waals surface area contributed by atoms with Crippen molar-refractivity contribution >= 4 is 15.9 Å². The molecule has 1 aromatic heterocycles. The number of rotatable bonds is 6. The maximum absolute atomic E-state index is 13.4. The van der Waals surface area contributed by atoms with Gasteiger partial charge in [0, 0.05) is 32.2 Å². The van der Waals surface area contributed by atoms with Crippen molar-refractivity contribution in [1.82, 2.24) is 19.4 Å². The van der Waals surface area contributed by atoms with E-state index in [-0.39, 0.29) is 41.7 Å². The Kier molecular flexibility index (Phi) is 6.64. The molecule has 0 radical (unpaired) electrons. The molecular weight excluding hydrogens is 435 g/mol. The molecule has 2 aliphatic rings. The van der Waals surface area contributed by atoms with E-state index < -0.39 is 10.0 Å². The van der Waals surface area contributed by atoms with Crippen LogP contribution < -0.4 is 5.32 Å². The standard InChI is InChI=1S/C22H29FN4O4S/c1-15-21(16(2)27(25-15)19-7-5-18(23)6-8-19)32(29,30)26-11-9-17(10-12-26)22(28)24-14-20-4-3-13-31-20/h5-8,17,20H,3-4,9-14H2,1-2H3,(H,24,28)/t20-/m0/s1. The lowest BCUT2D eigenvalue weighted by atomic mass is 9.97. The molecule has 1 aromatic carbocycles. The summed E-state index contributed by atoms with van der Waals surface area (Å²) in [6.07, 6.45) is 3.01. The van der Waals surface area contributed by atoms with Crippen molar-refractivity contribution in [3.05, 3.63) is 41.5 Å². The number of amides is 1. The first-order chi connectivity index (χ1) is 15.3. The fraction of sp³-hybridized carbons (Fsp3) is 0.545. The van der Waals surface area contributed by atoms with Crippen LogP contribution in [0.3, 0.4) is 0 Å². The van der Waals surface area contributed by atoms with Gasteiger partial charge in [-0.3, -0.25) is 4.79 Å². The van der Waals surface area contributed by atoms with Crippen LogP contribution in [0.1, 0.15) is 37.1 Å². The molecule has 1 N–H and O–H groups in total. The first-order valence-corrected chi connectivity index (χ1v) is 12.4. The number of nitrogens with zero attached hydrogens (tertiary/aromatic N) is 3. The largest absolute Gasteiger partial charge is 0.376 e. The zero-order valence-electron chi connectivity index (χ0n) is 18.4. The second-order valence-electron chi connectivity index (χ2n) is 8.45. The Labute approximate surface area is 187 Å². The van der Waals surface area contributed by atoms with E-state index in [1.54, 1.807) is 26.0 Å². The number of hydrogen-bond donors (Lipinski definition) is 1. The molecule has 2 saturated heterocycles. The van der Waals surface area contributed by atoms with Crippen LogP contribution in [0.25, 0.3) is 5.69 Å². The number of carbonyl (C=O) groups is 1. The quantitative estimate of drug-likeness (QED) is 0.708. The Bertz CT molecular complexity index is 1070. The molecule has 0 unspecified atom stereocenters. The highest BCUT2D eigenvalue weighted by Gasteiger charge is 2.35. The van der Waals surface area contributed by atoms with Crippen molar-refractivity contribution in [2.75, 3.05) is 26.2 Å². The molecule has 3 heterocycles. The predicted molar refractivity (Wildman–Crippen MR) is 116 cm³/mol. The highest BCUT2D eigenvalue weighted by molar-refractivity contribution is 7.89. The maximum atomic E-state index is 13.4. The number of piperidine rings is 1. The molecular formula is C22H29FN4O4S. The normalized spacial score (nSPS) is 20.5. The summed E-state index contributed by atoms with van der Waals surface area (Å²) in [5, 5.41) is 7.34. The Morgan fingerprint density at radius 2 is 1.88 bits per heavy atom. The second kappa shape index (κ2) is 9.29. The minimum Gasteiger partial charge on any atom is -0.376 e. The molecule has 32 heavy (non-hydrogen) atoms. The third-order valence-corrected chi connectivity index (χ3v) is 8.40. The van der Waals surface area contributed by atoms with Crippen LogP contribution in [0.15, 0.2) is 29.2 Å². The van der Waals surface area contributed by atoms with E-state index in [0.717, 1.165) is 19.4 Å². The first-order valence-electron chi connectivity index (χ1n) is 11.0. The predicted octanol–water partition coefficient (Wildman–Crippen LogP) is 2.32. The van der Waals surface area contributed by atoms with E-state index in [1.165, 1.54) is 21.1 Å². The van der Waals surface area contributed by atoms with E-state index in [2.05, 4.69) is 10.4 Å². The number of carbonyl (C=O) groups excluding carboxylic acids is 1. The molecule has 4 rings (SSSR count). The molecule has 0 aliphatic carbocycles. The van der Waals surface area contributed by atoms with Gasteiger partial charge in [0.1, 0.15) is 10.7 Å². The fourth-order valence-corrected chi connectivity index (χ4v) is 6.31. The van der Waals surface area contributed by atoms with Gasteiger partial charge in [-0.1, -0.05) is 0 Å². The van der Waals surface area contributed by atoms with E-state index >= 15 is 0 Å². The number of sulfonamides is 1. The molecule has 0 bridgehead atoms. The van der Waals surface area contributed by atoms with Crippen molar-refractivity contribution in [1.29, 1.82) is 0 Å². The van der Waals surface area contributed by atoms with Gasteiger partial charge < -0.3 is 10.1 Å². The van der Waals surface area contributed by atoms with Gasteiger partial charge >= 0.3 is 0 Å². The van der Waals surface area contributed by atoms with Crippen LogP contribution in [0.2, 0.25) is 0 Å². The van der Waals surface area contributed by atoms with Gasteiger partial charge in [-0.2, -0.15) is 9.40 Å². The summed E-state index contributed by atoms with van der Waals surface area (Å²) in [6, 6.07) is 5.75. The summed E-state index contributed by atoms with van der Waals surface area (Å²) < 4.78 is 48.6. The Morgan fingerprint density at radius 3 is 2.50 bits per heavy atom. The molecule has 174 valence electrons. The van der Waals surface area contributed by atoms with Crippen molar-refractivity contribution in [3.63, 3.8) is 0 Å². The zero-order chi connectivity index (χ0) is 22.9. The minimum absolute atomic E-state index is 0.0333. The lowest BCUT2D eigenvalue weighted by molar-refractivity contribution is -0.126. The highest BCUT2D eigenvalue weighted by Crippen LogP contribution is 2.29. The third-order valence-electron chi connectivity index (χ3n) is 6.25. The Morgan fingerprint density at radius 1 is 1.19 bits per heavy atom. The lowest BCUT2D eigenvalue weighted by Crippen LogP contribution is -2.44. The van der Waals surface area contributed by atoms with Gasteiger partial charge in [0.25, 0.3) is 0 Å². The second-order valence-corrected chi connectivity index (χ2v) is 10.3. The summed E-state index contributed by atoms with van der Waals surface area (Å²) in [5.74, 6) is -0.605. The topological polar surface area (TPSA) is 93.5 Å². The molecule has 2 aliphatic heterocycles. The molecule has 1 amide bonds. The van der Waals surface area contributed by atoms with Crippen LogP contribution in [0.4, 0.5) is 4.39 Å². The minimum atomic E-state index is -3.77. The smallest absolute Gasteiger partial charge is 0.246 e. The Balaban J connectivity index is 1.43. The van der Waals surface area contributed by atoms with E-state index in [4.69, 9.17) is 4.74 Å². The van der Waals surface area contributed by atoms with Gasteiger partial charge in [-0.25, -0.2) is 17.5 Å². The van der Waals surface area contributed by atoms with Gasteiger partial charge in [-0.05, 0) is 63.8 Å². The van der Waals surface area contributed by atoms with Crippen molar-refractivity contribution in [3.8, 4) is 5.69 Å². The maximum Gasteiger partial charge on any atom is 0.246 e. The van der Waals surface area contributed by atoms with Crippen molar-refractivity contribution < 1.29 is 22.3 Å². The first kappa shape index (κ1) is 22.9. The fourth-order valence-electron chi connectivity index (χ4n) is 4.49. The van der Waals surface area contributed by atoms with Crippen molar-refractivity contribution in [2.45, 2.75) is 50.5 Å². The molecule has 1 atom stereocenters. The van der Waals surface area contributed by atoms with Crippen LogP contribution in [0, 0.1) is 25.6 Å². The van der Waals surface area contributed by atoms with E-state index in [0.29, 0.717) is 36.5 Å². The number of benzene rings is 1. The molecule has 2 aromatic rings. The van der Waals surface area contributed by atoms with Crippen LogP contribution >= 0.6 is 0 Å². The molecule has 0 spiro atoms. The van der Waals surface area contributed by atoms with Gasteiger partial charge in [0.15, 0.2) is 0 Å². The summed E-state index contributed by atoms with van der Waals surface area (Å²) in [5.41, 5.74) is 1.46. The Hall–Kier alpha value is -2.30. The number of nitrogens with one attached hydrogen (secondary N) is 1. The molecule has 8 nitrogen and oxygen atoms in total. The number of aryl methyl sites for hydroxylation is 1. The van der Waals surface area contributed by atoms with Crippen LogP contribution in [0.5, 0.6) is 0 Å². The summed E-state index contributed by atoms with van der Waals surface area (Å²) in [4.78, 5) is 12.7. The molecule has 0 saturated carbocycles. The summed E-state index contributed by atoms with van der Waals surface area (Å²) in [6.45, 7) is 5.17. The highest BCUT2D eigenvalue weighted by atomic mass is 32.2. The summed E-state index contributed by atoms with van der Waals surface area (Å²) in [7, 11) is -3.77. The van der Waals surface area contributed by atoms with Crippen molar-refractivity contribution in [2.24, 2.45) is 5.92 Å². The van der Waals surface area contributed by atoms with Crippen LogP contribution in [-0.4, -0.2) is 60.8 Å². The van der Waals surface area contributed by atoms with Gasteiger partial charge in [0.2, 0.25) is 15.9 Å².